The van der Waals surface area contributed by atoms with Gasteiger partial charge in [-0.15, -0.1) is 0 Å². The molecule has 27 heavy (non-hydrogen) atoms. The Morgan fingerprint density at radius 2 is 1.70 bits per heavy atom. The van der Waals surface area contributed by atoms with Crippen molar-refractivity contribution in [2.24, 2.45) is 5.73 Å². The monoisotopic (exact) mass is 351 g/mol. The molecule has 0 saturated heterocycles. The van der Waals surface area contributed by atoms with Gasteiger partial charge in [-0.05, 0) is 51.4 Å². The summed E-state index contributed by atoms with van der Waals surface area (Å²) in [6, 6.07) is 24.5. The number of carbonyl (C=O) groups excluding carboxylic acids is 1. The lowest BCUT2D eigenvalue weighted by Gasteiger charge is -2.13. The predicted octanol–water partition coefficient (Wildman–Crippen LogP) is 4.24. The molecule has 0 atom stereocenters. The van der Waals surface area contributed by atoms with Crippen LogP contribution in [-0.4, -0.2) is 10.5 Å². The van der Waals surface area contributed by atoms with Gasteiger partial charge in [0, 0.05) is 18.4 Å². The number of nitrogens with zero attached hydrogens (tertiary/aromatic N) is 2. The molecule has 4 rings (SSSR count). The molecule has 0 bridgehead atoms. The molecule has 4 nitrogen and oxygen atoms in total. The summed E-state index contributed by atoms with van der Waals surface area (Å²) < 4.78 is 2.01. The Bertz CT molecular complexity index is 1240. The predicted molar refractivity (Wildman–Crippen MR) is 108 cm³/mol. The summed E-state index contributed by atoms with van der Waals surface area (Å²) in [4.78, 5) is 11.4. The van der Waals surface area contributed by atoms with Crippen molar-refractivity contribution in [3.63, 3.8) is 0 Å². The normalized spacial score (nSPS) is 11.6. The van der Waals surface area contributed by atoms with Crippen LogP contribution in [0.15, 0.2) is 78.5 Å². The van der Waals surface area contributed by atoms with Crippen LogP contribution in [0.3, 0.4) is 0 Å². The lowest BCUT2D eigenvalue weighted by Crippen LogP contribution is -2.13. The summed E-state index contributed by atoms with van der Waals surface area (Å²) in [7, 11) is 0. The number of aromatic nitrogens is 1. The number of carbonyl (C=O) groups is 1. The van der Waals surface area contributed by atoms with E-state index in [9.17, 15) is 4.79 Å². The van der Waals surface area contributed by atoms with Crippen molar-refractivity contribution in [2.75, 3.05) is 0 Å². The lowest BCUT2D eigenvalue weighted by atomic mass is 9.97. The van der Waals surface area contributed by atoms with Crippen molar-refractivity contribution in [3.05, 3.63) is 89.8 Å². The Labute approximate surface area is 156 Å². The van der Waals surface area contributed by atoms with Crippen LogP contribution in [0.2, 0.25) is 0 Å². The molecule has 0 radical (unpaired) electrons. The summed E-state index contributed by atoms with van der Waals surface area (Å²) in [5.74, 6) is -0.721. The number of hydrogen-bond donors (Lipinski definition) is 1. The Morgan fingerprint density at radius 3 is 2.44 bits per heavy atom. The molecule has 0 aliphatic carbocycles. The van der Waals surface area contributed by atoms with E-state index in [1.165, 1.54) is 33.2 Å². The second kappa shape index (κ2) is 6.81. The number of benzene rings is 3. The fraction of sp³-hybridized carbons (Fsp3) is 0.0435. The number of hydrogen-bond acceptors (Lipinski definition) is 2. The number of amides is 1. The first kappa shape index (κ1) is 16.6. The van der Waals surface area contributed by atoms with Gasteiger partial charge in [0.15, 0.2) is 0 Å². The molecule has 4 aromatic rings. The second-order valence-electron chi connectivity index (χ2n) is 6.40. The SMILES string of the molecule is N#CC(=Cc1cccn1Cc1cc2ccccc2c2ccccc12)C(N)=O. The molecule has 1 aromatic heterocycles. The van der Waals surface area contributed by atoms with E-state index >= 15 is 0 Å². The Morgan fingerprint density at radius 1 is 1.00 bits per heavy atom. The zero-order valence-electron chi connectivity index (χ0n) is 14.6. The van der Waals surface area contributed by atoms with Gasteiger partial charge in [0.25, 0.3) is 5.91 Å². The fourth-order valence-corrected chi connectivity index (χ4v) is 3.45. The molecule has 0 unspecified atom stereocenters. The minimum absolute atomic E-state index is 0.0571. The number of primary amides is 1. The smallest absolute Gasteiger partial charge is 0.259 e. The van der Waals surface area contributed by atoms with E-state index in [1.807, 2.05) is 41.1 Å². The van der Waals surface area contributed by atoms with Crippen LogP contribution in [0, 0.1) is 11.3 Å². The van der Waals surface area contributed by atoms with Gasteiger partial charge in [-0.1, -0.05) is 48.5 Å². The average molecular weight is 351 g/mol. The van der Waals surface area contributed by atoms with Crippen LogP contribution in [-0.2, 0) is 11.3 Å². The second-order valence-corrected chi connectivity index (χ2v) is 6.40. The van der Waals surface area contributed by atoms with Gasteiger partial charge < -0.3 is 10.3 Å². The molecule has 1 amide bonds. The third-order valence-corrected chi connectivity index (χ3v) is 4.74. The molecule has 0 fully saturated rings. The van der Waals surface area contributed by atoms with Crippen LogP contribution < -0.4 is 5.73 Å². The molecule has 130 valence electrons. The zero-order valence-corrected chi connectivity index (χ0v) is 14.6. The molecule has 0 saturated carbocycles. The van der Waals surface area contributed by atoms with E-state index in [0.717, 1.165) is 5.69 Å². The molecular weight excluding hydrogens is 334 g/mol. The maximum atomic E-state index is 11.4. The number of rotatable bonds is 4. The molecular formula is C23H17N3O. The highest BCUT2D eigenvalue weighted by molar-refractivity contribution is 6.09. The average Bonchev–Trinajstić information content (AvgIpc) is 3.12. The van der Waals surface area contributed by atoms with Crippen LogP contribution in [0.5, 0.6) is 0 Å². The number of nitriles is 1. The van der Waals surface area contributed by atoms with Crippen molar-refractivity contribution in [2.45, 2.75) is 6.54 Å². The van der Waals surface area contributed by atoms with Gasteiger partial charge in [0.1, 0.15) is 11.6 Å². The minimum atomic E-state index is -0.721. The van der Waals surface area contributed by atoms with Crippen molar-refractivity contribution in [1.82, 2.24) is 4.57 Å². The largest absolute Gasteiger partial charge is 0.365 e. The van der Waals surface area contributed by atoms with E-state index < -0.39 is 5.91 Å². The maximum Gasteiger partial charge on any atom is 0.259 e. The van der Waals surface area contributed by atoms with E-state index in [4.69, 9.17) is 11.0 Å². The molecule has 0 aliphatic rings. The third-order valence-electron chi connectivity index (χ3n) is 4.74. The van der Waals surface area contributed by atoms with Crippen LogP contribution >= 0.6 is 0 Å². The van der Waals surface area contributed by atoms with Gasteiger partial charge in [-0.3, -0.25) is 4.79 Å². The quantitative estimate of drug-likeness (QED) is 0.339. The fourth-order valence-electron chi connectivity index (χ4n) is 3.45. The van der Waals surface area contributed by atoms with Crippen molar-refractivity contribution >= 4 is 33.5 Å². The van der Waals surface area contributed by atoms with Gasteiger partial charge in [-0.25, -0.2) is 0 Å². The summed E-state index contributed by atoms with van der Waals surface area (Å²) in [5, 5.41) is 13.9. The Hall–Kier alpha value is -3.84. The van der Waals surface area contributed by atoms with Crippen molar-refractivity contribution in [1.29, 1.82) is 5.26 Å². The summed E-state index contributed by atoms with van der Waals surface area (Å²) in [6.45, 7) is 0.627. The first-order valence-corrected chi connectivity index (χ1v) is 8.63. The number of nitrogens with two attached hydrogens (primary N) is 1. The van der Waals surface area contributed by atoms with Crippen molar-refractivity contribution < 1.29 is 4.79 Å². The van der Waals surface area contributed by atoms with Gasteiger partial charge in [0.2, 0.25) is 0 Å². The molecule has 4 heteroatoms. The first-order valence-electron chi connectivity index (χ1n) is 8.63. The first-order chi connectivity index (χ1) is 13.2. The zero-order chi connectivity index (χ0) is 18.8. The molecule has 1 heterocycles. The summed E-state index contributed by atoms with van der Waals surface area (Å²) in [5.41, 5.74) is 7.15. The van der Waals surface area contributed by atoms with Crippen LogP contribution in [0.4, 0.5) is 0 Å². The Balaban J connectivity index is 1.85. The van der Waals surface area contributed by atoms with E-state index in [2.05, 4.69) is 42.5 Å². The highest BCUT2D eigenvalue weighted by atomic mass is 16.1. The summed E-state index contributed by atoms with van der Waals surface area (Å²) in [6.07, 6.45) is 3.47. The Kier molecular flexibility index (Phi) is 4.19. The van der Waals surface area contributed by atoms with Gasteiger partial charge in [-0.2, -0.15) is 5.26 Å². The maximum absolute atomic E-state index is 11.4. The van der Waals surface area contributed by atoms with E-state index in [0.29, 0.717) is 6.54 Å². The minimum Gasteiger partial charge on any atom is -0.365 e. The highest BCUT2D eigenvalue weighted by Crippen LogP contribution is 2.29. The highest BCUT2D eigenvalue weighted by Gasteiger charge is 2.10. The van der Waals surface area contributed by atoms with Crippen LogP contribution in [0.1, 0.15) is 11.3 Å². The van der Waals surface area contributed by atoms with E-state index in [1.54, 1.807) is 0 Å². The lowest BCUT2D eigenvalue weighted by molar-refractivity contribution is -0.114. The molecule has 0 aliphatic heterocycles. The molecule has 3 aromatic carbocycles. The van der Waals surface area contributed by atoms with Crippen LogP contribution in [0.25, 0.3) is 27.6 Å². The molecule has 2 N–H and O–H groups in total. The standard InChI is InChI=1S/C23H17N3O/c24-14-17(23(25)27)13-19-7-5-11-26(19)15-18-12-16-6-1-2-8-20(16)22-10-4-3-9-21(18)22/h1-13H,15H2,(H2,25,27). The third kappa shape index (κ3) is 3.07. The van der Waals surface area contributed by atoms with Crippen molar-refractivity contribution in [3.8, 4) is 6.07 Å². The van der Waals surface area contributed by atoms with E-state index in [-0.39, 0.29) is 5.57 Å². The molecule has 0 spiro atoms. The number of fused-ring (bicyclic) bond motifs is 3. The topological polar surface area (TPSA) is 71.8 Å². The van der Waals surface area contributed by atoms with Gasteiger partial charge >= 0.3 is 0 Å². The summed E-state index contributed by atoms with van der Waals surface area (Å²) >= 11 is 0. The van der Waals surface area contributed by atoms with Gasteiger partial charge in [0.05, 0.1) is 0 Å².